The topological polar surface area (TPSA) is 15.8 Å². The first-order valence-corrected chi connectivity index (χ1v) is 6.25. The minimum absolute atomic E-state index is 0.835. The first kappa shape index (κ1) is 8.69. The number of para-hydroxylation sites is 1. The largest absolute Gasteiger partial charge is 0.357 e. The first-order chi connectivity index (χ1) is 6.86. The van der Waals surface area contributed by atoms with Gasteiger partial charge in [0.05, 0.1) is 10.5 Å². The summed E-state index contributed by atoms with van der Waals surface area (Å²) in [4.78, 5) is 3.44. The SMILES string of the molecule is Clc1cccc2c3c([nH]c12)CCSC3. The zero-order valence-corrected chi connectivity index (χ0v) is 9.21. The predicted molar refractivity (Wildman–Crippen MR) is 63.2 cm³/mol. The molecule has 1 nitrogen and oxygen atoms in total. The standard InChI is InChI=1S/C11H10ClNS/c12-9-3-1-2-7-8-6-14-5-4-10(8)13-11(7)9/h1-3,13H,4-6H2. The van der Waals surface area contributed by atoms with Crippen LogP contribution in [0.15, 0.2) is 18.2 Å². The van der Waals surface area contributed by atoms with Crippen LogP contribution in [0.3, 0.4) is 0 Å². The Labute approximate surface area is 91.8 Å². The van der Waals surface area contributed by atoms with Gasteiger partial charge in [-0.15, -0.1) is 0 Å². The van der Waals surface area contributed by atoms with Crippen LogP contribution < -0.4 is 0 Å². The molecule has 0 bridgehead atoms. The summed E-state index contributed by atoms with van der Waals surface area (Å²) < 4.78 is 0. The molecule has 0 atom stereocenters. The quantitative estimate of drug-likeness (QED) is 0.722. The summed E-state index contributed by atoms with van der Waals surface area (Å²) in [6, 6.07) is 6.12. The van der Waals surface area contributed by atoms with Crippen LogP contribution in [-0.2, 0) is 12.2 Å². The smallest absolute Gasteiger partial charge is 0.0648 e. The van der Waals surface area contributed by atoms with E-state index in [0.29, 0.717) is 0 Å². The molecule has 14 heavy (non-hydrogen) atoms. The lowest BCUT2D eigenvalue weighted by Gasteiger charge is -2.09. The molecule has 72 valence electrons. The molecule has 0 radical (unpaired) electrons. The molecule has 0 amide bonds. The van der Waals surface area contributed by atoms with E-state index in [1.807, 2.05) is 23.9 Å². The van der Waals surface area contributed by atoms with Crippen LogP contribution in [0.4, 0.5) is 0 Å². The highest BCUT2D eigenvalue weighted by Crippen LogP contribution is 2.33. The molecule has 3 rings (SSSR count). The van der Waals surface area contributed by atoms with Crippen molar-refractivity contribution in [2.75, 3.05) is 5.75 Å². The van der Waals surface area contributed by atoms with Gasteiger partial charge in [-0.25, -0.2) is 0 Å². The monoisotopic (exact) mass is 223 g/mol. The number of aromatic nitrogens is 1. The lowest BCUT2D eigenvalue weighted by molar-refractivity contribution is 1.04. The third kappa shape index (κ3) is 1.17. The molecule has 1 aliphatic rings. The van der Waals surface area contributed by atoms with Crippen molar-refractivity contribution in [2.45, 2.75) is 12.2 Å². The molecule has 2 aromatic rings. The average Bonchev–Trinajstić information content (AvgIpc) is 2.59. The number of halogens is 1. The van der Waals surface area contributed by atoms with Crippen LogP contribution in [0.25, 0.3) is 10.9 Å². The third-order valence-corrected chi connectivity index (χ3v) is 4.02. The van der Waals surface area contributed by atoms with Gasteiger partial charge in [-0.3, -0.25) is 0 Å². The normalized spacial score (nSPS) is 15.8. The zero-order valence-electron chi connectivity index (χ0n) is 7.64. The minimum Gasteiger partial charge on any atom is -0.357 e. The summed E-state index contributed by atoms with van der Waals surface area (Å²) in [5.41, 5.74) is 3.95. The highest BCUT2D eigenvalue weighted by atomic mass is 35.5. The minimum atomic E-state index is 0.835. The Balaban J connectivity index is 2.36. The molecule has 2 heterocycles. The van der Waals surface area contributed by atoms with Crippen molar-refractivity contribution < 1.29 is 0 Å². The number of rotatable bonds is 0. The van der Waals surface area contributed by atoms with E-state index >= 15 is 0 Å². The highest BCUT2D eigenvalue weighted by molar-refractivity contribution is 7.98. The number of aryl methyl sites for hydroxylation is 1. The van der Waals surface area contributed by atoms with Gasteiger partial charge in [-0.05, 0) is 23.8 Å². The second-order valence-corrected chi connectivity index (χ2v) is 5.06. The maximum atomic E-state index is 6.14. The van der Waals surface area contributed by atoms with Crippen molar-refractivity contribution in [3.63, 3.8) is 0 Å². The zero-order chi connectivity index (χ0) is 9.54. The van der Waals surface area contributed by atoms with Gasteiger partial charge < -0.3 is 4.98 Å². The molecular formula is C11H10ClNS. The number of benzene rings is 1. The van der Waals surface area contributed by atoms with E-state index in [2.05, 4.69) is 11.1 Å². The van der Waals surface area contributed by atoms with Gasteiger partial charge in [-0.1, -0.05) is 23.7 Å². The van der Waals surface area contributed by atoms with Gasteiger partial charge in [0.2, 0.25) is 0 Å². The fraction of sp³-hybridized carbons (Fsp3) is 0.273. The third-order valence-electron chi connectivity index (χ3n) is 2.72. The molecule has 1 N–H and O–H groups in total. The van der Waals surface area contributed by atoms with Crippen molar-refractivity contribution in [1.29, 1.82) is 0 Å². The van der Waals surface area contributed by atoms with Crippen LogP contribution in [0.2, 0.25) is 5.02 Å². The van der Waals surface area contributed by atoms with E-state index in [0.717, 1.165) is 22.7 Å². The summed E-state index contributed by atoms with van der Waals surface area (Å²) in [5, 5.41) is 2.14. The van der Waals surface area contributed by atoms with Gasteiger partial charge in [-0.2, -0.15) is 11.8 Å². The first-order valence-electron chi connectivity index (χ1n) is 4.72. The number of nitrogens with one attached hydrogen (secondary N) is 1. The Bertz CT molecular complexity index is 489. The van der Waals surface area contributed by atoms with E-state index in [9.17, 15) is 0 Å². The van der Waals surface area contributed by atoms with Gasteiger partial charge >= 0.3 is 0 Å². The van der Waals surface area contributed by atoms with Crippen LogP contribution in [-0.4, -0.2) is 10.7 Å². The van der Waals surface area contributed by atoms with E-state index in [4.69, 9.17) is 11.6 Å². The fourth-order valence-electron chi connectivity index (χ4n) is 2.02. The maximum absolute atomic E-state index is 6.14. The van der Waals surface area contributed by atoms with Gasteiger partial charge in [0.1, 0.15) is 0 Å². The molecule has 0 unspecified atom stereocenters. The number of hydrogen-bond donors (Lipinski definition) is 1. The van der Waals surface area contributed by atoms with Gasteiger partial charge in [0.25, 0.3) is 0 Å². The summed E-state index contributed by atoms with van der Waals surface area (Å²) in [5.74, 6) is 2.34. The number of aromatic amines is 1. The summed E-state index contributed by atoms with van der Waals surface area (Å²) >= 11 is 8.14. The summed E-state index contributed by atoms with van der Waals surface area (Å²) in [7, 11) is 0. The summed E-state index contributed by atoms with van der Waals surface area (Å²) in [6.45, 7) is 0. The molecule has 3 heteroatoms. The lowest BCUT2D eigenvalue weighted by Crippen LogP contribution is -1.99. The van der Waals surface area contributed by atoms with E-state index in [-0.39, 0.29) is 0 Å². The van der Waals surface area contributed by atoms with E-state index in [1.165, 1.54) is 22.4 Å². The van der Waals surface area contributed by atoms with Crippen LogP contribution in [0, 0.1) is 0 Å². The molecule has 1 aliphatic heterocycles. The number of thioether (sulfide) groups is 1. The Morgan fingerprint density at radius 2 is 2.29 bits per heavy atom. The van der Waals surface area contributed by atoms with Gasteiger partial charge in [0.15, 0.2) is 0 Å². The van der Waals surface area contributed by atoms with Crippen molar-refractivity contribution in [3.8, 4) is 0 Å². The van der Waals surface area contributed by atoms with E-state index in [1.54, 1.807) is 0 Å². The Morgan fingerprint density at radius 3 is 3.21 bits per heavy atom. The van der Waals surface area contributed by atoms with Crippen LogP contribution in [0.1, 0.15) is 11.3 Å². The molecule has 0 aliphatic carbocycles. The molecular weight excluding hydrogens is 214 g/mol. The Hall–Kier alpha value is -0.600. The summed E-state index contributed by atoms with van der Waals surface area (Å²) in [6.07, 6.45) is 1.14. The molecule has 0 spiro atoms. The predicted octanol–water partition coefficient (Wildman–Crippen LogP) is 3.61. The Kier molecular flexibility index (Phi) is 1.99. The molecule has 0 saturated carbocycles. The second kappa shape index (κ2) is 3.21. The number of hydrogen-bond acceptors (Lipinski definition) is 1. The average molecular weight is 224 g/mol. The van der Waals surface area contributed by atoms with Crippen LogP contribution >= 0.6 is 23.4 Å². The van der Waals surface area contributed by atoms with E-state index < -0.39 is 0 Å². The molecule has 0 saturated heterocycles. The Morgan fingerprint density at radius 1 is 1.36 bits per heavy atom. The number of fused-ring (bicyclic) bond motifs is 3. The highest BCUT2D eigenvalue weighted by Gasteiger charge is 2.16. The number of H-pyrrole nitrogens is 1. The molecule has 1 aromatic heterocycles. The van der Waals surface area contributed by atoms with Crippen molar-refractivity contribution in [1.82, 2.24) is 4.98 Å². The van der Waals surface area contributed by atoms with Gasteiger partial charge in [0, 0.05) is 16.8 Å². The lowest BCUT2D eigenvalue weighted by atomic mass is 10.1. The molecule has 0 fully saturated rings. The van der Waals surface area contributed by atoms with Crippen molar-refractivity contribution >= 4 is 34.3 Å². The fourth-order valence-corrected chi connectivity index (χ4v) is 3.27. The van der Waals surface area contributed by atoms with Crippen LogP contribution in [0.5, 0.6) is 0 Å². The maximum Gasteiger partial charge on any atom is 0.0648 e. The second-order valence-electron chi connectivity index (χ2n) is 3.55. The molecule has 1 aromatic carbocycles. The van der Waals surface area contributed by atoms with Crippen molar-refractivity contribution in [3.05, 3.63) is 34.5 Å². The van der Waals surface area contributed by atoms with Crippen molar-refractivity contribution in [2.24, 2.45) is 0 Å².